The summed E-state index contributed by atoms with van der Waals surface area (Å²) in [4.78, 5) is 4.46. The minimum absolute atomic E-state index is 0.188. The van der Waals surface area contributed by atoms with Crippen LogP contribution in [-0.4, -0.2) is 30.9 Å². The van der Waals surface area contributed by atoms with Crippen LogP contribution in [0.2, 0.25) is 0 Å². The van der Waals surface area contributed by atoms with E-state index in [1.54, 1.807) is 37.7 Å². The molecule has 0 aliphatic rings. The number of ether oxygens (including phenoxy) is 3. The van der Waals surface area contributed by atoms with Gasteiger partial charge in [0.15, 0.2) is 23.1 Å². The van der Waals surface area contributed by atoms with Crippen LogP contribution in [0.1, 0.15) is 0 Å². The molecule has 6 nitrogen and oxygen atoms in total. The summed E-state index contributed by atoms with van der Waals surface area (Å²) < 4.78 is 31.6. The van der Waals surface area contributed by atoms with Crippen LogP contribution in [0.15, 0.2) is 36.7 Å². The summed E-state index contributed by atoms with van der Waals surface area (Å²) in [5, 5.41) is 0. The predicted molar refractivity (Wildman–Crippen MR) is 98.1 cm³/mol. The van der Waals surface area contributed by atoms with E-state index in [2.05, 4.69) is 4.98 Å². The second kappa shape index (κ2) is 6.95. The smallest absolute Gasteiger partial charge is 0.183 e. The highest BCUT2D eigenvalue weighted by molar-refractivity contribution is 5.82. The Balaban J connectivity index is 2.18. The second-order valence-electron chi connectivity index (χ2n) is 5.70. The van der Waals surface area contributed by atoms with Crippen molar-refractivity contribution in [2.75, 3.05) is 27.1 Å². The van der Waals surface area contributed by atoms with Gasteiger partial charge in [0.25, 0.3) is 0 Å². The fraction of sp³-hybridized carbons (Fsp3) is 0.211. The van der Waals surface area contributed by atoms with Gasteiger partial charge in [0.1, 0.15) is 0 Å². The number of aryl methyl sites for hydroxylation is 1. The number of nitrogens with zero attached hydrogens (tertiary/aromatic N) is 2. The van der Waals surface area contributed by atoms with E-state index >= 15 is 0 Å². The minimum Gasteiger partial charge on any atom is -0.494 e. The molecule has 0 atom stereocenters. The first-order valence-electron chi connectivity index (χ1n) is 7.87. The summed E-state index contributed by atoms with van der Waals surface area (Å²) in [6, 6.07) is 8.34. The molecule has 1 aromatic heterocycles. The molecule has 0 radical (unpaired) electrons. The van der Waals surface area contributed by atoms with Crippen LogP contribution >= 0.6 is 0 Å². The highest BCUT2D eigenvalue weighted by Crippen LogP contribution is 2.40. The normalized spacial score (nSPS) is 10.7. The van der Waals surface area contributed by atoms with Crippen LogP contribution in [0.5, 0.6) is 17.2 Å². The molecule has 0 amide bonds. The molecule has 0 aliphatic heterocycles. The van der Waals surface area contributed by atoms with Gasteiger partial charge in [-0.25, -0.2) is 9.37 Å². The third-order valence-electron chi connectivity index (χ3n) is 4.14. The van der Waals surface area contributed by atoms with Gasteiger partial charge in [0, 0.05) is 18.2 Å². The van der Waals surface area contributed by atoms with E-state index in [0.717, 1.165) is 11.3 Å². The maximum Gasteiger partial charge on any atom is 0.183 e. The van der Waals surface area contributed by atoms with Crippen molar-refractivity contribution in [2.45, 2.75) is 0 Å². The Hall–Kier alpha value is -3.22. The van der Waals surface area contributed by atoms with Crippen molar-refractivity contribution in [2.24, 2.45) is 7.05 Å². The van der Waals surface area contributed by atoms with Gasteiger partial charge in [-0.2, -0.15) is 0 Å². The summed E-state index contributed by atoms with van der Waals surface area (Å²) in [5.41, 5.74) is 9.34. The average Bonchev–Trinajstić information content (AvgIpc) is 3.02. The molecule has 7 heteroatoms. The van der Waals surface area contributed by atoms with Crippen molar-refractivity contribution in [1.82, 2.24) is 9.55 Å². The van der Waals surface area contributed by atoms with Gasteiger partial charge in [0.05, 0.1) is 44.7 Å². The molecular formula is C19H20FN3O3. The average molecular weight is 357 g/mol. The third-order valence-corrected chi connectivity index (χ3v) is 4.14. The molecule has 26 heavy (non-hydrogen) atoms. The van der Waals surface area contributed by atoms with Crippen LogP contribution in [-0.2, 0) is 7.05 Å². The Bertz CT molecular complexity index is 953. The van der Waals surface area contributed by atoms with Crippen LogP contribution in [0.3, 0.4) is 0 Å². The number of rotatable bonds is 5. The lowest BCUT2D eigenvalue weighted by atomic mass is 10.0. The summed E-state index contributed by atoms with van der Waals surface area (Å²) in [5.74, 6) is 0.709. The van der Waals surface area contributed by atoms with E-state index < -0.39 is 5.82 Å². The zero-order valence-corrected chi connectivity index (χ0v) is 15.0. The lowest BCUT2D eigenvalue weighted by Crippen LogP contribution is -1.98. The van der Waals surface area contributed by atoms with Crippen LogP contribution in [0.25, 0.3) is 22.5 Å². The first-order chi connectivity index (χ1) is 12.5. The zero-order valence-electron chi connectivity index (χ0n) is 15.0. The van der Waals surface area contributed by atoms with E-state index in [1.807, 2.05) is 11.6 Å². The SMILES string of the molecule is COc1ccc(-c2c(-c3cc(N)c(OC)c(OC)c3)ncn2C)cc1F. The zero-order chi connectivity index (χ0) is 18.8. The number of anilines is 1. The molecule has 3 rings (SSSR count). The van der Waals surface area contributed by atoms with Gasteiger partial charge in [-0.1, -0.05) is 0 Å². The molecule has 0 saturated carbocycles. The van der Waals surface area contributed by atoms with E-state index in [1.165, 1.54) is 20.3 Å². The van der Waals surface area contributed by atoms with Gasteiger partial charge in [-0.05, 0) is 30.3 Å². The minimum atomic E-state index is -0.441. The third kappa shape index (κ3) is 2.92. The van der Waals surface area contributed by atoms with E-state index in [-0.39, 0.29) is 5.75 Å². The summed E-state index contributed by atoms with van der Waals surface area (Å²) >= 11 is 0. The van der Waals surface area contributed by atoms with Crippen molar-refractivity contribution >= 4 is 5.69 Å². The number of methoxy groups -OCH3 is 3. The van der Waals surface area contributed by atoms with Crippen LogP contribution < -0.4 is 19.9 Å². The molecule has 3 aromatic rings. The van der Waals surface area contributed by atoms with Crippen LogP contribution in [0.4, 0.5) is 10.1 Å². The highest BCUT2D eigenvalue weighted by atomic mass is 19.1. The summed E-state index contributed by atoms with van der Waals surface area (Å²) in [6.07, 6.45) is 1.67. The molecule has 0 unspecified atom stereocenters. The van der Waals surface area contributed by atoms with Crippen molar-refractivity contribution in [1.29, 1.82) is 0 Å². The molecule has 0 bridgehead atoms. The number of nitrogens with two attached hydrogens (primary N) is 1. The Labute approximate surface area is 150 Å². The number of halogens is 1. The van der Waals surface area contributed by atoms with Crippen molar-refractivity contribution in [3.8, 4) is 39.8 Å². The van der Waals surface area contributed by atoms with Gasteiger partial charge in [-0.15, -0.1) is 0 Å². The number of nitrogen functional groups attached to an aromatic ring is 1. The Morgan fingerprint density at radius 1 is 0.962 bits per heavy atom. The number of hydrogen-bond donors (Lipinski definition) is 1. The van der Waals surface area contributed by atoms with Gasteiger partial charge >= 0.3 is 0 Å². The highest BCUT2D eigenvalue weighted by Gasteiger charge is 2.18. The van der Waals surface area contributed by atoms with Crippen molar-refractivity contribution in [3.05, 3.63) is 42.5 Å². The lowest BCUT2D eigenvalue weighted by molar-refractivity contribution is 0.356. The largest absolute Gasteiger partial charge is 0.494 e. The molecule has 136 valence electrons. The Morgan fingerprint density at radius 3 is 2.31 bits per heavy atom. The standard InChI is InChI=1S/C19H20FN3O3/c1-23-10-22-17(12-8-14(21)19(26-4)16(9-12)25-3)18(23)11-5-6-15(24-2)13(20)7-11/h5-10H,21H2,1-4H3. The van der Waals surface area contributed by atoms with Crippen molar-refractivity contribution < 1.29 is 18.6 Å². The van der Waals surface area contributed by atoms with Crippen molar-refractivity contribution in [3.63, 3.8) is 0 Å². The fourth-order valence-electron chi connectivity index (χ4n) is 2.93. The summed E-state index contributed by atoms with van der Waals surface area (Å²) in [6.45, 7) is 0. The maximum atomic E-state index is 14.2. The fourth-order valence-corrected chi connectivity index (χ4v) is 2.93. The number of benzene rings is 2. The number of hydrogen-bond acceptors (Lipinski definition) is 5. The number of aromatic nitrogens is 2. The predicted octanol–water partition coefficient (Wildman–Crippen LogP) is 3.50. The van der Waals surface area contributed by atoms with Crippen LogP contribution in [0, 0.1) is 5.82 Å². The van der Waals surface area contributed by atoms with E-state index in [9.17, 15) is 4.39 Å². The Kier molecular flexibility index (Phi) is 4.71. The van der Waals surface area contributed by atoms with E-state index in [4.69, 9.17) is 19.9 Å². The molecular weight excluding hydrogens is 337 g/mol. The van der Waals surface area contributed by atoms with Gasteiger partial charge in [0.2, 0.25) is 0 Å². The summed E-state index contributed by atoms with van der Waals surface area (Å²) in [7, 11) is 6.34. The lowest BCUT2D eigenvalue weighted by Gasteiger charge is -2.13. The topological polar surface area (TPSA) is 71.5 Å². The molecule has 0 aliphatic carbocycles. The molecule has 2 aromatic carbocycles. The molecule has 0 fully saturated rings. The molecule has 2 N–H and O–H groups in total. The van der Waals surface area contributed by atoms with E-state index in [0.29, 0.717) is 28.4 Å². The molecule has 0 saturated heterocycles. The first-order valence-corrected chi connectivity index (χ1v) is 7.87. The quantitative estimate of drug-likeness (QED) is 0.708. The Morgan fingerprint density at radius 2 is 1.69 bits per heavy atom. The monoisotopic (exact) mass is 357 g/mol. The van der Waals surface area contributed by atoms with Gasteiger partial charge < -0.3 is 24.5 Å². The molecule has 1 heterocycles. The van der Waals surface area contributed by atoms with Gasteiger partial charge in [-0.3, -0.25) is 0 Å². The maximum absolute atomic E-state index is 14.2. The first kappa shape index (κ1) is 17.6. The second-order valence-corrected chi connectivity index (χ2v) is 5.70. The molecule has 0 spiro atoms. The number of imidazole rings is 1.